The number of ether oxygens (including phenoxy) is 1. The summed E-state index contributed by atoms with van der Waals surface area (Å²) in [4.78, 5) is 0. The Morgan fingerprint density at radius 3 is 2.16 bits per heavy atom. The molecule has 0 atom stereocenters. The van der Waals surface area contributed by atoms with Gasteiger partial charge in [0.1, 0.15) is 0 Å². The van der Waals surface area contributed by atoms with Crippen LogP contribution in [-0.4, -0.2) is 13.2 Å². The highest BCUT2D eigenvalue weighted by atomic mass is 19.4. The normalized spacial score (nSPS) is 11.8. The summed E-state index contributed by atoms with van der Waals surface area (Å²) in [5.41, 5.74) is 0.331. The first-order valence-corrected chi connectivity index (χ1v) is 6.78. The second kappa shape index (κ2) is 8.20. The quantitative estimate of drug-likeness (QED) is 0.616. The van der Waals surface area contributed by atoms with Gasteiger partial charge in [0.05, 0.1) is 5.56 Å². The molecule has 0 amide bonds. The van der Waals surface area contributed by atoms with Crippen molar-refractivity contribution in [3.8, 4) is 0 Å². The minimum atomic E-state index is -4.25. The molecule has 0 saturated carbocycles. The van der Waals surface area contributed by atoms with Gasteiger partial charge in [0.2, 0.25) is 0 Å². The number of alkyl halides is 3. The molecule has 0 fully saturated rings. The highest BCUT2D eigenvalue weighted by molar-refractivity contribution is 5.24. The number of halogens is 3. The number of benzene rings is 1. The third-order valence-electron chi connectivity index (χ3n) is 2.93. The van der Waals surface area contributed by atoms with Gasteiger partial charge in [0.25, 0.3) is 0 Å². The molecule has 0 bridgehead atoms. The Kier molecular flexibility index (Phi) is 6.92. The molecule has 0 saturated heterocycles. The molecular weight excluding hydrogens is 253 g/mol. The molecule has 0 radical (unpaired) electrons. The van der Waals surface area contributed by atoms with Gasteiger partial charge in [-0.15, -0.1) is 0 Å². The first kappa shape index (κ1) is 16.0. The molecule has 1 aromatic rings. The highest BCUT2D eigenvalue weighted by Crippen LogP contribution is 2.29. The van der Waals surface area contributed by atoms with Gasteiger partial charge in [-0.05, 0) is 37.0 Å². The number of hydrogen-bond acceptors (Lipinski definition) is 1. The zero-order chi connectivity index (χ0) is 14.1. The molecule has 1 nitrogen and oxygen atoms in total. The average molecular weight is 274 g/mol. The van der Waals surface area contributed by atoms with E-state index < -0.39 is 11.7 Å². The summed E-state index contributed by atoms with van der Waals surface area (Å²) >= 11 is 0. The maximum Gasteiger partial charge on any atom is 0.416 e. The van der Waals surface area contributed by atoms with E-state index in [1.165, 1.54) is 12.8 Å². The molecular formula is C15H21F3O. The topological polar surface area (TPSA) is 9.23 Å². The standard InChI is InChI=1S/C15H21F3O/c1-2-3-4-11-19-12-5-6-13-7-9-14(10-8-13)15(16,17)18/h7-10H,2-6,11-12H2,1H3. The maximum atomic E-state index is 12.4. The van der Waals surface area contributed by atoms with E-state index >= 15 is 0 Å². The zero-order valence-corrected chi connectivity index (χ0v) is 11.3. The van der Waals surface area contributed by atoms with E-state index in [4.69, 9.17) is 4.74 Å². The van der Waals surface area contributed by atoms with Crippen LogP contribution >= 0.6 is 0 Å². The van der Waals surface area contributed by atoms with Crippen molar-refractivity contribution < 1.29 is 17.9 Å². The van der Waals surface area contributed by atoms with E-state index in [9.17, 15) is 13.2 Å². The summed E-state index contributed by atoms with van der Waals surface area (Å²) in [6, 6.07) is 5.36. The molecule has 0 aliphatic rings. The average Bonchev–Trinajstić information content (AvgIpc) is 2.37. The van der Waals surface area contributed by atoms with Gasteiger partial charge in [0, 0.05) is 13.2 Å². The fourth-order valence-electron chi connectivity index (χ4n) is 1.79. The molecule has 0 spiro atoms. The predicted octanol–water partition coefficient (Wildman–Crippen LogP) is 4.84. The molecule has 1 aromatic carbocycles. The summed E-state index contributed by atoms with van der Waals surface area (Å²) in [6.45, 7) is 3.59. The van der Waals surface area contributed by atoms with Gasteiger partial charge >= 0.3 is 6.18 Å². The van der Waals surface area contributed by atoms with Crippen LogP contribution in [0.15, 0.2) is 24.3 Å². The Morgan fingerprint density at radius 1 is 0.947 bits per heavy atom. The van der Waals surface area contributed by atoms with Gasteiger partial charge in [0.15, 0.2) is 0 Å². The minimum absolute atomic E-state index is 0.591. The van der Waals surface area contributed by atoms with Crippen LogP contribution in [0.5, 0.6) is 0 Å². The lowest BCUT2D eigenvalue weighted by atomic mass is 10.1. The fourth-order valence-corrected chi connectivity index (χ4v) is 1.79. The predicted molar refractivity (Wildman–Crippen MR) is 70.1 cm³/mol. The zero-order valence-electron chi connectivity index (χ0n) is 11.3. The van der Waals surface area contributed by atoms with E-state index in [-0.39, 0.29) is 0 Å². The Labute approximate surface area is 112 Å². The summed E-state index contributed by atoms with van der Waals surface area (Å²) < 4.78 is 42.5. The lowest BCUT2D eigenvalue weighted by molar-refractivity contribution is -0.137. The van der Waals surface area contributed by atoms with Crippen LogP contribution in [0.3, 0.4) is 0 Å². The van der Waals surface area contributed by atoms with Crippen molar-refractivity contribution in [1.82, 2.24) is 0 Å². The van der Waals surface area contributed by atoms with Gasteiger partial charge in [-0.25, -0.2) is 0 Å². The fraction of sp³-hybridized carbons (Fsp3) is 0.600. The second-order valence-corrected chi connectivity index (χ2v) is 4.62. The summed E-state index contributed by atoms with van der Waals surface area (Å²) in [7, 11) is 0. The van der Waals surface area contributed by atoms with Gasteiger partial charge in [-0.1, -0.05) is 31.9 Å². The molecule has 0 aromatic heterocycles. The summed E-state index contributed by atoms with van der Waals surface area (Å²) in [6.07, 6.45) is 0.787. The second-order valence-electron chi connectivity index (χ2n) is 4.62. The molecule has 0 N–H and O–H groups in total. The highest BCUT2D eigenvalue weighted by Gasteiger charge is 2.29. The Morgan fingerprint density at radius 2 is 1.58 bits per heavy atom. The van der Waals surface area contributed by atoms with E-state index in [1.807, 2.05) is 0 Å². The van der Waals surface area contributed by atoms with Crippen molar-refractivity contribution in [3.63, 3.8) is 0 Å². The van der Waals surface area contributed by atoms with E-state index in [1.54, 1.807) is 12.1 Å². The number of rotatable bonds is 8. The van der Waals surface area contributed by atoms with E-state index in [0.717, 1.165) is 43.6 Å². The van der Waals surface area contributed by atoms with Crippen molar-refractivity contribution in [2.24, 2.45) is 0 Å². The van der Waals surface area contributed by atoms with Gasteiger partial charge in [-0.2, -0.15) is 13.2 Å². The third-order valence-corrected chi connectivity index (χ3v) is 2.93. The molecule has 0 unspecified atom stereocenters. The molecule has 19 heavy (non-hydrogen) atoms. The van der Waals surface area contributed by atoms with Crippen LogP contribution in [0, 0.1) is 0 Å². The molecule has 0 aliphatic carbocycles. The largest absolute Gasteiger partial charge is 0.416 e. The van der Waals surface area contributed by atoms with Crippen molar-refractivity contribution >= 4 is 0 Å². The van der Waals surface area contributed by atoms with Gasteiger partial charge in [-0.3, -0.25) is 0 Å². The molecule has 108 valence electrons. The number of aryl methyl sites for hydroxylation is 1. The van der Waals surface area contributed by atoms with Crippen molar-refractivity contribution in [3.05, 3.63) is 35.4 Å². The smallest absolute Gasteiger partial charge is 0.381 e. The van der Waals surface area contributed by atoms with Crippen molar-refractivity contribution in [2.45, 2.75) is 45.2 Å². The number of unbranched alkanes of at least 4 members (excludes halogenated alkanes) is 2. The van der Waals surface area contributed by atoms with Crippen LogP contribution in [0.1, 0.15) is 43.7 Å². The SMILES string of the molecule is CCCCCOCCCc1ccc(C(F)(F)F)cc1. The molecule has 4 heteroatoms. The van der Waals surface area contributed by atoms with Crippen LogP contribution in [0.25, 0.3) is 0 Å². The van der Waals surface area contributed by atoms with Gasteiger partial charge < -0.3 is 4.74 Å². The van der Waals surface area contributed by atoms with Crippen LogP contribution < -0.4 is 0 Å². The Balaban J connectivity index is 2.20. The van der Waals surface area contributed by atoms with Crippen LogP contribution in [-0.2, 0) is 17.3 Å². The lowest BCUT2D eigenvalue weighted by Crippen LogP contribution is -2.04. The summed E-state index contributed by atoms with van der Waals surface area (Å²) in [5, 5.41) is 0. The van der Waals surface area contributed by atoms with Crippen LogP contribution in [0.2, 0.25) is 0 Å². The molecule has 0 aliphatic heterocycles. The van der Waals surface area contributed by atoms with E-state index in [0.29, 0.717) is 6.61 Å². The maximum absolute atomic E-state index is 12.4. The number of hydrogen-bond donors (Lipinski definition) is 0. The molecule has 1 rings (SSSR count). The Bertz CT molecular complexity index is 343. The van der Waals surface area contributed by atoms with Crippen LogP contribution in [0.4, 0.5) is 13.2 Å². The monoisotopic (exact) mass is 274 g/mol. The minimum Gasteiger partial charge on any atom is -0.381 e. The third kappa shape index (κ3) is 6.62. The van der Waals surface area contributed by atoms with Crippen molar-refractivity contribution in [1.29, 1.82) is 0 Å². The van der Waals surface area contributed by atoms with Crippen molar-refractivity contribution in [2.75, 3.05) is 13.2 Å². The first-order valence-electron chi connectivity index (χ1n) is 6.78. The Hall–Kier alpha value is -1.03. The lowest BCUT2D eigenvalue weighted by Gasteiger charge is -2.08. The summed E-state index contributed by atoms with van der Waals surface area (Å²) in [5.74, 6) is 0. The first-order chi connectivity index (χ1) is 9.04. The van der Waals surface area contributed by atoms with E-state index in [2.05, 4.69) is 6.92 Å². The molecule has 0 heterocycles.